The summed E-state index contributed by atoms with van der Waals surface area (Å²) in [5, 5.41) is 7.32. The van der Waals surface area contributed by atoms with Gasteiger partial charge < -0.3 is 15.5 Å². The van der Waals surface area contributed by atoms with Crippen molar-refractivity contribution in [2.24, 2.45) is 0 Å². The first-order valence-corrected chi connectivity index (χ1v) is 13.0. The molecular formula is C27H29ClFN5S. The van der Waals surface area contributed by atoms with Gasteiger partial charge in [-0.25, -0.2) is 9.37 Å². The molecule has 1 saturated carbocycles. The molecule has 2 aromatic carbocycles. The average molecular weight is 510 g/mol. The Hall–Kier alpha value is -2.77. The Morgan fingerprint density at radius 2 is 1.77 bits per heavy atom. The highest BCUT2D eigenvalue weighted by Gasteiger charge is 2.34. The van der Waals surface area contributed by atoms with Crippen LogP contribution in [0, 0.1) is 5.82 Å². The zero-order chi connectivity index (χ0) is 24.3. The van der Waals surface area contributed by atoms with Crippen molar-refractivity contribution in [3.63, 3.8) is 0 Å². The Kier molecular flexibility index (Phi) is 7.16. The third-order valence-corrected chi connectivity index (χ3v) is 7.66. The lowest BCUT2D eigenvalue weighted by atomic mass is 9.69. The van der Waals surface area contributed by atoms with E-state index in [-0.39, 0.29) is 11.2 Å². The quantitative estimate of drug-likeness (QED) is 0.324. The van der Waals surface area contributed by atoms with E-state index < -0.39 is 0 Å². The van der Waals surface area contributed by atoms with E-state index in [9.17, 15) is 4.39 Å². The number of hydrogen-bond acceptors (Lipinski definition) is 4. The Bertz CT molecular complexity index is 1200. The second kappa shape index (κ2) is 10.5. The third kappa shape index (κ3) is 5.57. The van der Waals surface area contributed by atoms with E-state index in [0.717, 1.165) is 56.6 Å². The fraction of sp³-hybridized carbons (Fsp3) is 0.370. The second-order valence-corrected chi connectivity index (χ2v) is 10.3. The molecular weight excluding hydrogens is 481 g/mol. The summed E-state index contributed by atoms with van der Waals surface area (Å²) >= 11 is 12.0. The first-order chi connectivity index (χ1) is 17.0. The molecule has 182 valence electrons. The first-order valence-electron chi connectivity index (χ1n) is 12.2. The molecule has 1 fully saturated rings. The topological polar surface area (TPSA) is 53.1 Å². The van der Waals surface area contributed by atoms with Crippen LogP contribution in [0.5, 0.6) is 0 Å². The molecule has 1 aliphatic heterocycles. The molecule has 1 aromatic heterocycles. The van der Waals surface area contributed by atoms with Gasteiger partial charge in [-0.3, -0.25) is 0 Å². The molecule has 3 aromatic rings. The number of rotatable bonds is 5. The number of nitrogens with one attached hydrogen (secondary N) is 2. The van der Waals surface area contributed by atoms with Crippen LogP contribution in [0.3, 0.4) is 0 Å². The molecule has 2 N–H and O–H groups in total. The molecule has 2 heterocycles. The van der Waals surface area contributed by atoms with Gasteiger partial charge in [0, 0.05) is 31.1 Å². The summed E-state index contributed by atoms with van der Waals surface area (Å²) in [5.74, 6) is 0.944. The number of benzene rings is 2. The van der Waals surface area contributed by atoms with Crippen molar-refractivity contribution < 1.29 is 4.39 Å². The van der Waals surface area contributed by atoms with E-state index in [0.29, 0.717) is 22.8 Å². The van der Waals surface area contributed by atoms with Crippen LogP contribution >= 0.6 is 23.8 Å². The Balaban J connectivity index is 1.27. The van der Waals surface area contributed by atoms with Crippen LogP contribution in [0.15, 0.2) is 54.6 Å². The summed E-state index contributed by atoms with van der Waals surface area (Å²) in [6.07, 6.45) is 6.58. The van der Waals surface area contributed by atoms with Crippen molar-refractivity contribution in [3.8, 4) is 0 Å². The molecule has 0 amide bonds. The van der Waals surface area contributed by atoms with Crippen LogP contribution < -0.4 is 15.5 Å². The van der Waals surface area contributed by atoms with E-state index in [1.807, 2.05) is 12.1 Å². The van der Waals surface area contributed by atoms with Crippen LogP contribution in [-0.2, 0) is 18.4 Å². The molecule has 0 unspecified atom stereocenters. The fourth-order valence-corrected chi connectivity index (χ4v) is 5.65. The van der Waals surface area contributed by atoms with Crippen molar-refractivity contribution in [2.75, 3.05) is 23.3 Å². The highest BCUT2D eigenvalue weighted by atomic mass is 35.5. The van der Waals surface area contributed by atoms with Gasteiger partial charge >= 0.3 is 0 Å². The number of aromatic nitrogens is 2. The molecule has 5 nitrogen and oxygen atoms in total. The van der Waals surface area contributed by atoms with Crippen molar-refractivity contribution in [3.05, 3.63) is 82.3 Å². The van der Waals surface area contributed by atoms with E-state index in [1.54, 1.807) is 18.2 Å². The van der Waals surface area contributed by atoms with E-state index in [2.05, 4.69) is 44.8 Å². The number of hydrogen-bond donors (Lipinski definition) is 2. The van der Waals surface area contributed by atoms with Crippen molar-refractivity contribution in [2.45, 2.75) is 50.5 Å². The Labute approximate surface area is 216 Å². The normalized spacial score (nSPS) is 16.9. The van der Waals surface area contributed by atoms with Crippen molar-refractivity contribution in [1.29, 1.82) is 0 Å². The lowest BCUT2D eigenvalue weighted by Crippen LogP contribution is -2.43. The lowest BCUT2D eigenvalue weighted by Gasteiger charge is -2.38. The maximum Gasteiger partial charge on any atom is 0.232 e. The van der Waals surface area contributed by atoms with Gasteiger partial charge in [-0.2, -0.15) is 4.98 Å². The van der Waals surface area contributed by atoms with E-state index in [4.69, 9.17) is 28.8 Å². The number of anilines is 2. The molecule has 0 saturated heterocycles. The highest BCUT2D eigenvalue weighted by molar-refractivity contribution is 7.80. The molecule has 8 heteroatoms. The van der Waals surface area contributed by atoms with Crippen LogP contribution in [-0.4, -0.2) is 28.2 Å². The molecule has 0 radical (unpaired) electrons. The van der Waals surface area contributed by atoms with E-state index >= 15 is 0 Å². The molecule has 35 heavy (non-hydrogen) atoms. The Morgan fingerprint density at radius 1 is 1.03 bits per heavy atom. The average Bonchev–Trinajstić information content (AvgIpc) is 2.88. The largest absolute Gasteiger partial charge is 0.361 e. The molecule has 2 aliphatic rings. The molecule has 0 atom stereocenters. The van der Waals surface area contributed by atoms with Gasteiger partial charge in [0.2, 0.25) is 5.95 Å². The van der Waals surface area contributed by atoms with Gasteiger partial charge in [-0.05, 0) is 60.3 Å². The van der Waals surface area contributed by atoms with Gasteiger partial charge in [0.15, 0.2) is 5.11 Å². The molecule has 1 aliphatic carbocycles. The van der Waals surface area contributed by atoms with Crippen molar-refractivity contribution in [1.82, 2.24) is 15.3 Å². The fourth-order valence-electron chi connectivity index (χ4n) is 5.31. The minimum Gasteiger partial charge on any atom is -0.361 e. The minimum atomic E-state index is -0.212. The summed E-state index contributed by atoms with van der Waals surface area (Å²) in [6, 6.07) is 17.2. The lowest BCUT2D eigenvalue weighted by molar-refractivity contribution is 0.292. The molecule has 0 spiro atoms. The zero-order valence-electron chi connectivity index (χ0n) is 19.6. The van der Waals surface area contributed by atoms with Crippen LogP contribution in [0.1, 0.15) is 48.8 Å². The standard InChI is InChI=1S/C27H29ClFN5S/c28-23-16-24(34-15-12-19-6-2-3-7-20(19)17-34)32-25(31-23)33-26(35)30-18-27(13-4-1-5-14-27)21-8-10-22(29)11-9-21/h2-3,6-11,16H,1,4-5,12-15,17-18H2,(H2,30,31,32,33,35). The molecule has 0 bridgehead atoms. The van der Waals surface area contributed by atoms with Crippen LogP contribution in [0.25, 0.3) is 0 Å². The van der Waals surface area contributed by atoms with Crippen LogP contribution in [0.4, 0.5) is 16.2 Å². The van der Waals surface area contributed by atoms with Gasteiger partial charge in [0.05, 0.1) is 0 Å². The summed E-state index contributed by atoms with van der Waals surface area (Å²) in [7, 11) is 0. The predicted molar refractivity (Wildman–Crippen MR) is 144 cm³/mol. The van der Waals surface area contributed by atoms with Crippen molar-refractivity contribution >= 4 is 40.7 Å². The molecule has 5 rings (SSSR count). The van der Waals surface area contributed by atoms with Crippen LogP contribution in [0.2, 0.25) is 5.15 Å². The summed E-state index contributed by atoms with van der Waals surface area (Å²) in [6.45, 7) is 2.32. The second-order valence-electron chi connectivity index (χ2n) is 9.47. The van der Waals surface area contributed by atoms with E-state index in [1.165, 1.54) is 17.5 Å². The number of nitrogens with zero attached hydrogens (tertiary/aromatic N) is 3. The minimum absolute atomic E-state index is 0.0702. The maximum atomic E-state index is 13.5. The monoisotopic (exact) mass is 509 g/mol. The SMILES string of the molecule is Fc1ccc(C2(CNC(=S)Nc3nc(Cl)cc(N4CCc5ccccc5C4)n3)CCCCC2)cc1. The van der Waals surface area contributed by atoms with Gasteiger partial charge in [-0.15, -0.1) is 0 Å². The van der Waals surface area contributed by atoms with Gasteiger partial charge in [0.1, 0.15) is 16.8 Å². The summed E-state index contributed by atoms with van der Waals surface area (Å²) in [4.78, 5) is 11.3. The first kappa shape index (κ1) is 23.9. The summed E-state index contributed by atoms with van der Waals surface area (Å²) in [5.41, 5.74) is 3.77. The predicted octanol–water partition coefficient (Wildman–Crippen LogP) is 6.02. The maximum absolute atomic E-state index is 13.5. The smallest absolute Gasteiger partial charge is 0.232 e. The Morgan fingerprint density at radius 3 is 2.54 bits per heavy atom. The van der Waals surface area contributed by atoms with Gasteiger partial charge in [0.25, 0.3) is 0 Å². The third-order valence-electron chi connectivity index (χ3n) is 7.22. The highest BCUT2D eigenvalue weighted by Crippen LogP contribution is 2.39. The van der Waals surface area contributed by atoms with Gasteiger partial charge in [-0.1, -0.05) is 67.3 Å². The number of halogens is 2. The number of thiocarbonyl (C=S) groups is 1. The summed E-state index contributed by atoms with van der Waals surface area (Å²) < 4.78 is 13.5. The number of fused-ring (bicyclic) bond motifs is 1. The zero-order valence-corrected chi connectivity index (χ0v) is 21.1.